The van der Waals surface area contributed by atoms with Gasteiger partial charge in [0.05, 0.1) is 10.5 Å². The number of carboxylic acid groups (broad SMARTS) is 1. The number of rotatable bonds is 5. The molecule has 0 fully saturated rings. The molecule has 6 nitrogen and oxygen atoms in total. The van der Waals surface area contributed by atoms with E-state index in [9.17, 15) is 18.0 Å². The van der Waals surface area contributed by atoms with E-state index in [0.29, 0.717) is 6.42 Å². The molecule has 0 aliphatic heterocycles. The highest BCUT2D eigenvalue weighted by molar-refractivity contribution is 7.90. The van der Waals surface area contributed by atoms with Crippen molar-refractivity contribution in [2.24, 2.45) is 5.92 Å². The SMILES string of the molecule is CCC(C)C(=O)Nc1cc(C(=O)O)cc(S(C)(=O)=O)c1. The van der Waals surface area contributed by atoms with Crippen molar-refractivity contribution in [1.29, 1.82) is 0 Å². The Hall–Kier alpha value is -1.89. The van der Waals surface area contributed by atoms with Crippen LogP contribution in [0.15, 0.2) is 23.1 Å². The molecule has 20 heavy (non-hydrogen) atoms. The zero-order valence-electron chi connectivity index (χ0n) is 11.5. The Morgan fingerprint density at radius 1 is 1.30 bits per heavy atom. The summed E-state index contributed by atoms with van der Waals surface area (Å²) in [6.45, 7) is 3.58. The minimum Gasteiger partial charge on any atom is -0.478 e. The van der Waals surface area contributed by atoms with Gasteiger partial charge < -0.3 is 10.4 Å². The van der Waals surface area contributed by atoms with Gasteiger partial charge in [-0.1, -0.05) is 13.8 Å². The highest BCUT2D eigenvalue weighted by Crippen LogP contribution is 2.20. The maximum Gasteiger partial charge on any atom is 0.335 e. The van der Waals surface area contributed by atoms with Crippen LogP contribution < -0.4 is 5.32 Å². The van der Waals surface area contributed by atoms with E-state index in [0.717, 1.165) is 12.3 Å². The molecular weight excluding hydrogens is 282 g/mol. The van der Waals surface area contributed by atoms with Crippen molar-refractivity contribution in [3.05, 3.63) is 23.8 Å². The topological polar surface area (TPSA) is 101 Å². The summed E-state index contributed by atoms with van der Waals surface area (Å²) in [6, 6.07) is 3.55. The number of anilines is 1. The van der Waals surface area contributed by atoms with E-state index < -0.39 is 15.8 Å². The lowest BCUT2D eigenvalue weighted by atomic mass is 10.1. The second kappa shape index (κ2) is 6.04. The number of sulfone groups is 1. The average Bonchev–Trinajstić information content (AvgIpc) is 2.36. The molecule has 0 aliphatic carbocycles. The summed E-state index contributed by atoms with van der Waals surface area (Å²) < 4.78 is 23.1. The van der Waals surface area contributed by atoms with Crippen molar-refractivity contribution < 1.29 is 23.1 Å². The van der Waals surface area contributed by atoms with Gasteiger partial charge in [0.1, 0.15) is 0 Å². The molecule has 7 heteroatoms. The number of hydrogen-bond acceptors (Lipinski definition) is 4. The van der Waals surface area contributed by atoms with Crippen LogP contribution in [0.5, 0.6) is 0 Å². The van der Waals surface area contributed by atoms with Crippen LogP contribution in [-0.2, 0) is 14.6 Å². The van der Waals surface area contributed by atoms with Crippen molar-refractivity contribution in [1.82, 2.24) is 0 Å². The average molecular weight is 299 g/mol. The van der Waals surface area contributed by atoms with Crippen LogP contribution in [0.2, 0.25) is 0 Å². The number of benzene rings is 1. The van der Waals surface area contributed by atoms with Gasteiger partial charge in [-0.3, -0.25) is 4.79 Å². The Morgan fingerprint density at radius 2 is 1.90 bits per heavy atom. The Kier molecular flexibility index (Phi) is 4.88. The maximum absolute atomic E-state index is 11.8. The fraction of sp³-hybridized carbons (Fsp3) is 0.385. The Labute approximate surface area is 117 Å². The fourth-order valence-corrected chi connectivity index (χ4v) is 2.14. The highest BCUT2D eigenvalue weighted by Gasteiger charge is 2.16. The second-order valence-corrected chi connectivity index (χ2v) is 6.64. The largest absolute Gasteiger partial charge is 0.478 e. The first-order chi connectivity index (χ1) is 9.15. The van der Waals surface area contributed by atoms with Gasteiger partial charge in [-0.25, -0.2) is 13.2 Å². The summed E-state index contributed by atoms with van der Waals surface area (Å²) in [6.07, 6.45) is 1.61. The third kappa shape index (κ3) is 4.06. The van der Waals surface area contributed by atoms with Crippen LogP contribution in [0, 0.1) is 5.92 Å². The van der Waals surface area contributed by atoms with E-state index in [2.05, 4.69) is 5.32 Å². The van der Waals surface area contributed by atoms with Crippen LogP contribution in [0.1, 0.15) is 30.6 Å². The molecule has 0 saturated heterocycles. The third-order valence-electron chi connectivity index (χ3n) is 2.91. The van der Waals surface area contributed by atoms with Crippen LogP contribution in [0.4, 0.5) is 5.69 Å². The molecule has 1 aromatic carbocycles. The predicted octanol–water partition coefficient (Wildman–Crippen LogP) is 1.77. The van der Waals surface area contributed by atoms with Crippen molar-refractivity contribution in [3.63, 3.8) is 0 Å². The Balaban J connectivity index is 3.23. The summed E-state index contributed by atoms with van der Waals surface area (Å²) >= 11 is 0. The first-order valence-corrected chi connectivity index (χ1v) is 7.93. The minimum absolute atomic E-state index is 0.142. The normalized spacial score (nSPS) is 12.8. The molecule has 0 spiro atoms. The molecular formula is C13H17NO5S. The van der Waals surface area contributed by atoms with Crippen molar-refractivity contribution >= 4 is 27.4 Å². The molecule has 1 atom stereocenters. The van der Waals surface area contributed by atoms with Gasteiger partial charge in [0.15, 0.2) is 9.84 Å². The fourth-order valence-electron chi connectivity index (χ4n) is 1.46. The van der Waals surface area contributed by atoms with E-state index in [1.807, 2.05) is 6.92 Å². The highest BCUT2D eigenvalue weighted by atomic mass is 32.2. The molecule has 0 aromatic heterocycles. The van der Waals surface area contributed by atoms with Crippen molar-refractivity contribution in [3.8, 4) is 0 Å². The number of carbonyl (C=O) groups is 2. The van der Waals surface area contributed by atoms with Gasteiger partial charge in [0.25, 0.3) is 0 Å². The van der Waals surface area contributed by atoms with Crippen LogP contribution in [-0.4, -0.2) is 31.7 Å². The number of hydrogen-bond donors (Lipinski definition) is 2. The lowest BCUT2D eigenvalue weighted by molar-refractivity contribution is -0.119. The minimum atomic E-state index is -3.56. The van der Waals surface area contributed by atoms with Gasteiger partial charge in [0.2, 0.25) is 5.91 Å². The van der Waals surface area contributed by atoms with E-state index in [1.165, 1.54) is 12.1 Å². The van der Waals surface area contributed by atoms with E-state index in [1.54, 1.807) is 6.92 Å². The standard InChI is InChI=1S/C13H17NO5S/c1-4-8(2)12(15)14-10-5-9(13(16)17)6-11(7-10)20(3,18)19/h5-8H,4H2,1-3H3,(H,14,15)(H,16,17). The van der Waals surface area contributed by atoms with Crippen LogP contribution >= 0.6 is 0 Å². The first-order valence-electron chi connectivity index (χ1n) is 6.04. The smallest absolute Gasteiger partial charge is 0.335 e. The summed E-state index contributed by atoms with van der Waals surface area (Å²) in [5.41, 5.74) is -0.0250. The number of carboxylic acids is 1. The molecule has 1 rings (SSSR count). The summed E-state index contributed by atoms with van der Waals surface area (Å²) in [5.74, 6) is -1.78. The van der Waals surface area contributed by atoms with Crippen molar-refractivity contribution in [2.45, 2.75) is 25.2 Å². The molecule has 0 heterocycles. The summed E-state index contributed by atoms with van der Waals surface area (Å²) in [4.78, 5) is 22.6. The van der Waals surface area contributed by atoms with E-state index in [-0.39, 0.29) is 28.0 Å². The van der Waals surface area contributed by atoms with Crippen molar-refractivity contribution in [2.75, 3.05) is 11.6 Å². The van der Waals surface area contributed by atoms with Crippen LogP contribution in [0.3, 0.4) is 0 Å². The van der Waals surface area contributed by atoms with Gasteiger partial charge in [-0.15, -0.1) is 0 Å². The molecule has 1 amide bonds. The first kappa shape index (κ1) is 16.2. The van der Waals surface area contributed by atoms with Gasteiger partial charge in [-0.2, -0.15) is 0 Å². The molecule has 110 valence electrons. The quantitative estimate of drug-likeness (QED) is 0.863. The molecule has 0 bridgehead atoms. The predicted molar refractivity (Wildman–Crippen MR) is 74.6 cm³/mol. The monoisotopic (exact) mass is 299 g/mol. The Bertz CT molecular complexity index is 636. The number of aromatic carboxylic acids is 1. The lowest BCUT2D eigenvalue weighted by Gasteiger charge is -2.11. The second-order valence-electron chi connectivity index (χ2n) is 4.62. The lowest BCUT2D eigenvalue weighted by Crippen LogP contribution is -2.20. The zero-order chi connectivity index (χ0) is 15.5. The third-order valence-corrected chi connectivity index (χ3v) is 4.00. The molecule has 0 saturated carbocycles. The van der Waals surface area contributed by atoms with E-state index >= 15 is 0 Å². The molecule has 2 N–H and O–H groups in total. The molecule has 0 radical (unpaired) electrons. The zero-order valence-corrected chi connectivity index (χ0v) is 12.3. The van der Waals surface area contributed by atoms with E-state index in [4.69, 9.17) is 5.11 Å². The summed E-state index contributed by atoms with van der Waals surface area (Å²) in [7, 11) is -3.56. The number of amides is 1. The number of carbonyl (C=O) groups excluding carboxylic acids is 1. The summed E-state index contributed by atoms with van der Waals surface area (Å²) in [5, 5.41) is 11.5. The van der Waals surface area contributed by atoms with Gasteiger partial charge in [-0.05, 0) is 24.6 Å². The van der Waals surface area contributed by atoms with Gasteiger partial charge in [0, 0.05) is 17.9 Å². The molecule has 1 unspecified atom stereocenters. The van der Waals surface area contributed by atoms with Crippen LogP contribution in [0.25, 0.3) is 0 Å². The van der Waals surface area contributed by atoms with Gasteiger partial charge >= 0.3 is 5.97 Å². The number of nitrogens with one attached hydrogen (secondary N) is 1. The Morgan fingerprint density at radius 3 is 2.35 bits per heavy atom. The maximum atomic E-state index is 11.8. The molecule has 1 aromatic rings. The molecule has 0 aliphatic rings.